The van der Waals surface area contributed by atoms with E-state index in [1.807, 2.05) is 30.3 Å². The summed E-state index contributed by atoms with van der Waals surface area (Å²) in [5.74, 6) is 0.280. The first-order valence-electron chi connectivity index (χ1n) is 6.22. The van der Waals surface area contributed by atoms with Crippen LogP contribution >= 0.6 is 15.9 Å². The first-order valence-corrected chi connectivity index (χ1v) is 7.01. The lowest BCUT2D eigenvalue weighted by molar-refractivity contribution is -0.111. The Hall–Kier alpha value is -2.21. The molecule has 2 rings (SSSR count). The van der Waals surface area contributed by atoms with Crippen LogP contribution in [0.4, 0.5) is 5.95 Å². The number of carbonyl (C=O) groups excluding carboxylic acids is 1. The quantitative estimate of drug-likeness (QED) is 0.862. The van der Waals surface area contributed by atoms with Crippen molar-refractivity contribution in [2.24, 2.45) is 0 Å². The second-order valence-corrected chi connectivity index (χ2v) is 4.98. The Morgan fingerprint density at radius 3 is 2.67 bits per heavy atom. The largest absolute Gasteiger partial charge is 0.480 e. The van der Waals surface area contributed by atoms with E-state index in [1.54, 1.807) is 13.0 Å². The van der Waals surface area contributed by atoms with Crippen molar-refractivity contribution in [3.05, 3.63) is 52.1 Å². The average molecular weight is 348 g/mol. The molecule has 0 radical (unpaired) electrons. The number of hydrogen-bond donors (Lipinski definition) is 1. The first kappa shape index (κ1) is 15.2. The molecule has 0 fully saturated rings. The van der Waals surface area contributed by atoms with Crippen molar-refractivity contribution in [3.8, 4) is 5.88 Å². The molecule has 1 N–H and O–H groups in total. The number of aromatic nitrogens is 2. The number of nitrogens with one attached hydrogen (secondary N) is 1. The predicted octanol–water partition coefficient (Wildman–Crippen LogP) is 3.21. The maximum atomic E-state index is 11.9. The predicted molar refractivity (Wildman–Crippen MR) is 85.1 cm³/mol. The average Bonchev–Trinajstić information content (AvgIpc) is 2.49. The highest BCUT2D eigenvalue weighted by Crippen LogP contribution is 2.25. The number of amides is 1. The third kappa shape index (κ3) is 4.13. The van der Waals surface area contributed by atoms with Gasteiger partial charge in [-0.3, -0.25) is 10.1 Å². The molecule has 1 amide bonds. The summed E-state index contributed by atoms with van der Waals surface area (Å²) >= 11 is 3.33. The molecule has 0 unspecified atom stereocenters. The van der Waals surface area contributed by atoms with Crippen molar-refractivity contribution in [3.63, 3.8) is 0 Å². The van der Waals surface area contributed by atoms with E-state index in [1.165, 1.54) is 13.2 Å². The minimum Gasteiger partial charge on any atom is -0.480 e. The molecule has 2 aromatic rings. The second kappa shape index (κ2) is 6.99. The zero-order valence-electron chi connectivity index (χ0n) is 11.6. The maximum Gasteiger partial charge on any atom is 0.250 e. The van der Waals surface area contributed by atoms with Crippen LogP contribution in [0.5, 0.6) is 5.88 Å². The highest BCUT2D eigenvalue weighted by molar-refractivity contribution is 9.10. The van der Waals surface area contributed by atoms with E-state index in [0.717, 1.165) is 5.56 Å². The molecule has 21 heavy (non-hydrogen) atoms. The van der Waals surface area contributed by atoms with E-state index in [4.69, 9.17) is 4.74 Å². The van der Waals surface area contributed by atoms with Gasteiger partial charge in [-0.1, -0.05) is 30.3 Å². The van der Waals surface area contributed by atoms with Crippen molar-refractivity contribution in [1.29, 1.82) is 0 Å². The van der Waals surface area contributed by atoms with Gasteiger partial charge in [0.2, 0.25) is 11.8 Å². The fourth-order valence-electron chi connectivity index (χ4n) is 1.61. The van der Waals surface area contributed by atoms with Gasteiger partial charge >= 0.3 is 0 Å². The van der Waals surface area contributed by atoms with Gasteiger partial charge in [0, 0.05) is 6.08 Å². The van der Waals surface area contributed by atoms with E-state index in [-0.39, 0.29) is 11.9 Å². The molecule has 1 aromatic heterocycles. The molecule has 108 valence electrons. The summed E-state index contributed by atoms with van der Waals surface area (Å²) in [5, 5.41) is 2.61. The molecule has 1 heterocycles. The highest BCUT2D eigenvalue weighted by atomic mass is 79.9. The number of benzene rings is 1. The number of methoxy groups -OCH3 is 1. The topological polar surface area (TPSA) is 64.1 Å². The summed E-state index contributed by atoms with van der Waals surface area (Å²) in [6.07, 6.45) is 3.15. The van der Waals surface area contributed by atoms with Gasteiger partial charge in [0.05, 0.1) is 12.8 Å². The molecule has 5 nitrogen and oxygen atoms in total. The lowest BCUT2D eigenvalue weighted by atomic mass is 10.2. The van der Waals surface area contributed by atoms with Crippen LogP contribution in [-0.2, 0) is 4.79 Å². The van der Waals surface area contributed by atoms with Gasteiger partial charge in [-0.15, -0.1) is 0 Å². The minimum atomic E-state index is -0.303. The molecule has 1 aromatic carbocycles. The van der Waals surface area contributed by atoms with Gasteiger partial charge in [-0.2, -0.15) is 4.98 Å². The monoisotopic (exact) mass is 347 g/mol. The molecule has 0 spiro atoms. The molecule has 0 aliphatic carbocycles. The van der Waals surface area contributed by atoms with Gasteiger partial charge in [-0.25, -0.2) is 4.98 Å². The number of hydrogen-bond acceptors (Lipinski definition) is 4. The Morgan fingerprint density at radius 2 is 2.00 bits per heavy atom. The first-order chi connectivity index (χ1) is 10.1. The van der Waals surface area contributed by atoms with Crippen LogP contribution in [0.2, 0.25) is 0 Å². The standard InChI is InChI=1S/C15H14BrN3O2/c1-10-13(16)14(21-2)19-15(17-10)18-12(20)9-8-11-6-4-3-5-7-11/h3-9H,1-2H3,(H,17,18,19,20)/b9-8+. The van der Waals surface area contributed by atoms with Crippen molar-refractivity contribution < 1.29 is 9.53 Å². The van der Waals surface area contributed by atoms with Crippen LogP contribution in [0.1, 0.15) is 11.3 Å². The summed E-state index contributed by atoms with van der Waals surface area (Å²) in [7, 11) is 1.51. The smallest absolute Gasteiger partial charge is 0.250 e. The van der Waals surface area contributed by atoms with Crippen molar-refractivity contribution >= 4 is 33.9 Å². The number of ether oxygens (including phenoxy) is 1. The van der Waals surface area contributed by atoms with Crippen molar-refractivity contribution in [2.75, 3.05) is 12.4 Å². The molecule has 6 heteroatoms. The van der Waals surface area contributed by atoms with E-state index in [2.05, 4.69) is 31.2 Å². The minimum absolute atomic E-state index is 0.204. The molecule has 0 aliphatic heterocycles. The Labute approximate surface area is 131 Å². The van der Waals surface area contributed by atoms with Crippen molar-refractivity contribution in [2.45, 2.75) is 6.92 Å². The van der Waals surface area contributed by atoms with E-state index in [9.17, 15) is 4.79 Å². The fraction of sp³-hybridized carbons (Fsp3) is 0.133. The molecule has 0 bridgehead atoms. The SMILES string of the molecule is COc1nc(NC(=O)/C=C/c2ccccc2)nc(C)c1Br. The molecule has 0 aliphatic rings. The summed E-state index contributed by atoms with van der Waals surface area (Å²) in [5.41, 5.74) is 1.63. The molecular formula is C15H14BrN3O2. The number of nitrogens with zero attached hydrogens (tertiary/aromatic N) is 2. The van der Waals surface area contributed by atoms with Crippen molar-refractivity contribution in [1.82, 2.24) is 9.97 Å². The van der Waals surface area contributed by atoms with Gasteiger partial charge in [0.15, 0.2) is 0 Å². The molecule has 0 atom stereocenters. The lowest BCUT2D eigenvalue weighted by Crippen LogP contribution is -2.12. The van der Waals surface area contributed by atoms with Crippen LogP contribution < -0.4 is 10.1 Å². The Kier molecular flexibility index (Phi) is 5.05. The number of carbonyl (C=O) groups is 1. The highest BCUT2D eigenvalue weighted by Gasteiger charge is 2.10. The van der Waals surface area contributed by atoms with Crippen LogP contribution in [0.15, 0.2) is 40.9 Å². The summed E-state index contributed by atoms with van der Waals surface area (Å²) in [4.78, 5) is 20.1. The lowest BCUT2D eigenvalue weighted by Gasteiger charge is -2.07. The Bertz CT molecular complexity index is 672. The van der Waals surface area contributed by atoms with E-state index < -0.39 is 0 Å². The zero-order chi connectivity index (χ0) is 15.2. The fourth-order valence-corrected chi connectivity index (χ4v) is 1.95. The van der Waals surface area contributed by atoms with Crippen LogP contribution in [-0.4, -0.2) is 23.0 Å². The Balaban J connectivity index is 2.10. The third-order valence-electron chi connectivity index (χ3n) is 2.64. The number of aryl methyl sites for hydroxylation is 1. The normalized spacial score (nSPS) is 10.6. The third-order valence-corrected chi connectivity index (χ3v) is 3.55. The van der Waals surface area contributed by atoms with Crippen LogP contribution in [0, 0.1) is 6.92 Å². The maximum absolute atomic E-state index is 11.9. The van der Waals surface area contributed by atoms with Crippen LogP contribution in [0.25, 0.3) is 6.08 Å². The number of anilines is 1. The van der Waals surface area contributed by atoms with E-state index in [0.29, 0.717) is 16.0 Å². The second-order valence-electron chi connectivity index (χ2n) is 4.19. The van der Waals surface area contributed by atoms with E-state index >= 15 is 0 Å². The molecule has 0 saturated carbocycles. The summed E-state index contributed by atoms with van der Waals surface area (Å²) in [6.45, 7) is 1.80. The molecular weight excluding hydrogens is 334 g/mol. The Morgan fingerprint density at radius 1 is 1.29 bits per heavy atom. The van der Waals surface area contributed by atoms with Gasteiger partial charge in [-0.05, 0) is 34.5 Å². The summed E-state index contributed by atoms with van der Waals surface area (Å²) in [6, 6.07) is 9.55. The summed E-state index contributed by atoms with van der Waals surface area (Å²) < 4.78 is 5.78. The number of halogens is 1. The number of rotatable bonds is 4. The van der Waals surface area contributed by atoms with Crippen LogP contribution in [0.3, 0.4) is 0 Å². The molecule has 0 saturated heterocycles. The van der Waals surface area contributed by atoms with Gasteiger partial charge < -0.3 is 4.74 Å². The zero-order valence-corrected chi connectivity index (χ0v) is 13.2. The van der Waals surface area contributed by atoms with Gasteiger partial charge in [0.1, 0.15) is 4.47 Å². The van der Waals surface area contributed by atoms with Gasteiger partial charge in [0.25, 0.3) is 5.91 Å².